The SMILES string of the molecule is CCOC(C)(Nc1ccc(C=Cc2ccc(OC)cc2)cc1)OCC. The van der Waals surface area contributed by atoms with Crippen molar-refractivity contribution >= 4 is 17.8 Å². The number of benzene rings is 2. The summed E-state index contributed by atoms with van der Waals surface area (Å²) in [6.45, 7) is 6.94. The van der Waals surface area contributed by atoms with Gasteiger partial charge in [0.05, 0.1) is 7.11 Å². The highest BCUT2D eigenvalue weighted by atomic mass is 16.7. The average molecular weight is 341 g/mol. The molecule has 1 N–H and O–H groups in total. The maximum absolute atomic E-state index is 5.67. The molecule has 0 aliphatic heterocycles. The van der Waals surface area contributed by atoms with Gasteiger partial charge in [0.1, 0.15) is 5.75 Å². The number of methoxy groups -OCH3 is 1. The van der Waals surface area contributed by atoms with Gasteiger partial charge < -0.3 is 19.5 Å². The summed E-state index contributed by atoms with van der Waals surface area (Å²) in [5, 5.41) is 3.29. The molecule has 134 valence electrons. The first-order valence-electron chi connectivity index (χ1n) is 8.57. The number of hydrogen-bond donors (Lipinski definition) is 1. The number of anilines is 1. The van der Waals surface area contributed by atoms with Gasteiger partial charge in [0.15, 0.2) is 0 Å². The van der Waals surface area contributed by atoms with E-state index in [2.05, 4.69) is 29.6 Å². The van der Waals surface area contributed by atoms with Crippen LogP contribution in [0.3, 0.4) is 0 Å². The average Bonchev–Trinajstić information content (AvgIpc) is 2.62. The highest BCUT2D eigenvalue weighted by Gasteiger charge is 2.24. The fraction of sp³-hybridized carbons (Fsp3) is 0.333. The fourth-order valence-corrected chi connectivity index (χ4v) is 2.51. The van der Waals surface area contributed by atoms with Crippen LogP contribution in [0.4, 0.5) is 5.69 Å². The third-order valence-corrected chi connectivity index (χ3v) is 3.71. The van der Waals surface area contributed by atoms with E-state index in [1.807, 2.05) is 57.2 Å². The lowest BCUT2D eigenvalue weighted by molar-refractivity contribution is -0.200. The second-order valence-electron chi connectivity index (χ2n) is 5.67. The molecule has 0 unspecified atom stereocenters. The maximum atomic E-state index is 5.67. The van der Waals surface area contributed by atoms with E-state index in [4.69, 9.17) is 14.2 Å². The van der Waals surface area contributed by atoms with Gasteiger partial charge in [-0.15, -0.1) is 0 Å². The molecule has 25 heavy (non-hydrogen) atoms. The van der Waals surface area contributed by atoms with Gasteiger partial charge in [-0.25, -0.2) is 0 Å². The van der Waals surface area contributed by atoms with E-state index in [1.54, 1.807) is 7.11 Å². The summed E-state index contributed by atoms with van der Waals surface area (Å²) in [5.41, 5.74) is 3.20. The molecule has 0 aliphatic carbocycles. The van der Waals surface area contributed by atoms with Gasteiger partial charge in [-0.2, -0.15) is 0 Å². The van der Waals surface area contributed by atoms with Gasteiger partial charge in [-0.1, -0.05) is 36.4 Å². The monoisotopic (exact) mass is 341 g/mol. The molecule has 0 aliphatic rings. The fourth-order valence-electron chi connectivity index (χ4n) is 2.51. The standard InChI is InChI=1S/C21H27NO3/c1-5-24-21(3,25-6-2)22-19-13-9-17(10-14-19)7-8-18-11-15-20(23-4)16-12-18/h7-16,22H,5-6H2,1-4H3. The summed E-state index contributed by atoms with van der Waals surface area (Å²) < 4.78 is 16.5. The Balaban J connectivity index is 2.02. The second kappa shape index (κ2) is 9.25. The Bertz CT molecular complexity index is 657. The van der Waals surface area contributed by atoms with Crippen molar-refractivity contribution in [2.24, 2.45) is 0 Å². The first-order chi connectivity index (χ1) is 12.1. The summed E-state index contributed by atoms with van der Waals surface area (Å²) in [6.07, 6.45) is 4.16. The number of rotatable bonds is 9. The summed E-state index contributed by atoms with van der Waals surface area (Å²) in [7, 11) is 1.67. The molecule has 0 amide bonds. The Morgan fingerprint density at radius 1 is 0.840 bits per heavy atom. The van der Waals surface area contributed by atoms with E-state index >= 15 is 0 Å². The van der Waals surface area contributed by atoms with Crippen molar-refractivity contribution in [3.05, 3.63) is 59.7 Å². The van der Waals surface area contributed by atoms with E-state index in [1.165, 1.54) is 0 Å². The third-order valence-electron chi connectivity index (χ3n) is 3.71. The number of hydrogen-bond acceptors (Lipinski definition) is 4. The molecule has 2 rings (SSSR count). The first-order valence-corrected chi connectivity index (χ1v) is 8.57. The Morgan fingerprint density at radius 2 is 1.32 bits per heavy atom. The minimum Gasteiger partial charge on any atom is -0.497 e. The Morgan fingerprint density at radius 3 is 1.76 bits per heavy atom. The summed E-state index contributed by atoms with van der Waals surface area (Å²) in [5.74, 6) is 0.0449. The molecule has 2 aromatic carbocycles. The van der Waals surface area contributed by atoms with E-state index < -0.39 is 5.91 Å². The number of nitrogens with one attached hydrogen (secondary N) is 1. The lowest BCUT2D eigenvalue weighted by Gasteiger charge is -2.30. The van der Waals surface area contributed by atoms with Crippen LogP contribution in [0.5, 0.6) is 5.75 Å². The van der Waals surface area contributed by atoms with Crippen LogP contribution in [0, 0.1) is 0 Å². The van der Waals surface area contributed by atoms with E-state index in [-0.39, 0.29) is 0 Å². The minimum absolute atomic E-state index is 0.576. The molecule has 0 saturated carbocycles. The molecule has 2 aromatic rings. The van der Waals surface area contributed by atoms with Crippen LogP contribution < -0.4 is 10.1 Å². The largest absolute Gasteiger partial charge is 0.497 e. The van der Waals surface area contributed by atoms with Gasteiger partial charge in [0.25, 0.3) is 0 Å². The van der Waals surface area contributed by atoms with Crippen molar-refractivity contribution in [2.75, 3.05) is 25.6 Å². The normalized spacial score (nSPS) is 11.7. The van der Waals surface area contributed by atoms with Gasteiger partial charge in [-0.05, 0) is 49.2 Å². The minimum atomic E-state index is -0.816. The van der Waals surface area contributed by atoms with E-state index in [0.29, 0.717) is 13.2 Å². The molecule has 0 spiro atoms. The van der Waals surface area contributed by atoms with E-state index in [9.17, 15) is 0 Å². The topological polar surface area (TPSA) is 39.7 Å². The Kier molecular flexibility index (Phi) is 7.04. The van der Waals surface area contributed by atoms with Crippen molar-refractivity contribution < 1.29 is 14.2 Å². The van der Waals surface area contributed by atoms with Crippen LogP contribution >= 0.6 is 0 Å². The third kappa shape index (κ3) is 5.93. The van der Waals surface area contributed by atoms with Crippen molar-refractivity contribution in [3.63, 3.8) is 0 Å². The lowest BCUT2D eigenvalue weighted by atomic mass is 10.1. The molecule has 4 heteroatoms. The van der Waals surface area contributed by atoms with Crippen molar-refractivity contribution in [1.29, 1.82) is 0 Å². The Labute approximate surface area is 150 Å². The van der Waals surface area contributed by atoms with Crippen molar-refractivity contribution in [2.45, 2.75) is 26.7 Å². The predicted molar refractivity (Wildman–Crippen MR) is 104 cm³/mol. The van der Waals surface area contributed by atoms with Crippen LogP contribution in [-0.2, 0) is 9.47 Å². The van der Waals surface area contributed by atoms with Crippen molar-refractivity contribution in [3.8, 4) is 5.75 Å². The lowest BCUT2D eigenvalue weighted by Crippen LogP contribution is -2.41. The Hall–Kier alpha value is -2.30. The molecule has 0 radical (unpaired) electrons. The summed E-state index contributed by atoms with van der Waals surface area (Å²) in [4.78, 5) is 0. The van der Waals surface area contributed by atoms with Gasteiger partial charge in [-0.3, -0.25) is 0 Å². The molecule has 0 atom stereocenters. The van der Waals surface area contributed by atoms with Gasteiger partial charge >= 0.3 is 0 Å². The first kappa shape index (κ1) is 19.0. The summed E-state index contributed by atoms with van der Waals surface area (Å²) >= 11 is 0. The van der Waals surface area contributed by atoms with Crippen LogP contribution in [0.25, 0.3) is 12.2 Å². The molecule has 0 fully saturated rings. The number of ether oxygens (including phenoxy) is 3. The summed E-state index contributed by atoms with van der Waals surface area (Å²) in [6, 6.07) is 16.1. The van der Waals surface area contributed by atoms with Gasteiger partial charge in [0.2, 0.25) is 5.91 Å². The zero-order valence-electron chi connectivity index (χ0n) is 15.4. The molecular weight excluding hydrogens is 314 g/mol. The molecule has 0 aromatic heterocycles. The van der Waals surface area contributed by atoms with Crippen LogP contribution in [0.2, 0.25) is 0 Å². The second-order valence-corrected chi connectivity index (χ2v) is 5.67. The van der Waals surface area contributed by atoms with Crippen LogP contribution in [-0.4, -0.2) is 26.2 Å². The molecule has 0 saturated heterocycles. The molecular formula is C21H27NO3. The molecule has 0 heterocycles. The zero-order valence-corrected chi connectivity index (χ0v) is 15.4. The van der Waals surface area contributed by atoms with Gasteiger partial charge in [0, 0.05) is 25.8 Å². The predicted octanol–water partition coefficient (Wildman–Crippen LogP) is 5.02. The zero-order chi connectivity index (χ0) is 18.1. The van der Waals surface area contributed by atoms with Crippen LogP contribution in [0.15, 0.2) is 48.5 Å². The van der Waals surface area contributed by atoms with Crippen molar-refractivity contribution in [1.82, 2.24) is 0 Å². The highest BCUT2D eigenvalue weighted by Crippen LogP contribution is 2.20. The smallest absolute Gasteiger partial charge is 0.246 e. The quantitative estimate of drug-likeness (QED) is 0.513. The highest BCUT2D eigenvalue weighted by molar-refractivity contribution is 5.70. The molecule has 4 nitrogen and oxygen atoms in total. The van der Waals surface area contributed by atoms with Crippen LogP contribution in [0.1, 0.15) is 31.9 Å². The maximum Gasteiger partial charge on any atom is 0.246 e. The molecule has 0 bridgehead atoms. The van der Waals surface area contributed by atoms with E-state index in [0.717, 1.165) is 22.6 Å².